The predicted molar refractivity (Wildman–Crippen MR) is 42.4 cm³/mol. The molecule has 1 rings (SSSR count). The molecule has 0 spiro atoms. The highest BCUT2D eigenvalue weighted by Crippen LogP contribution is 2.21. The van der Waals surface area contributed by atoms with Crippen LogP contribution in [0.4, 0.5) is 0 Å². The normalized spacial score (nSPS) is 26.6. The van der Waals surface area contributed by atoms with Crippen molar-refractivity contribution in [1.82, 2.24) is 5.32 Å². The Morgan fingerprint density at radius 2 is 2.31 bits per heavy atom. The van der Waals surface area contributed by atoms with Gasteiger partial charge in [0.05, 0.1) is 0 Å². The molecule has 5 N–H and O–H groups in total. The van der Waals surface area contributed by atoms with E-state index in [9.17, 15) is 9.59 Å². The van der Waals surface area contributed by atoms with E-state index < -0.39 is 24.0 Å². The molecule has 3 atom stereocenters. The molecule has 0 bridgehead atoms. The van der Waals surface area contributed by atoms with E-state index in [1.807, 2.05) is 0 Å². The van der Waals surface area contributed by atoms with Crippen molar-refractivity contribution in [3.63, 3.8) is 0 Å². The van der Waals surface area contributed by atoms with Crippen molar-refractivity contribution in [1.29, 1.82) is 0 Å². The van der Waals surface area contributed by atoms with Crippen LogP contribution in [0.15, 0.2) is 0 Å². The minimum absolute atomic E-state index is 0.116. The molecule has 1 amide bonds. The number of aliphatic hydroxyl groups is 1. The van der Waals surface area contributed by atoms with E-state index in [1.165, 1.54) is 0 Å². The van der Waals surface area contributed by atoms with E-state index >= 15 is 0 Å². The first-order valence-corrected chi connectivity index (χ1v) is 3.95. The zero-order valence-corrected chi connectivity index (χ0v) is 6.93. The van der Waals surface area contributed by atoms with Crippen LogP contribution in [0, 0.1) is 11.8 Å². The van der Waals surface area contributed by atoms with Gasteiger partial charge in [0.15, 0.2) is 0 Å². The van der Waals surface area contributed by atoms with Crippen molar-refractivity contribution in [3.8, 4) is 0 Å². The molecule has 1 aliphatic rings. The van der Waals surface area contributed by atoms with Gasteiger partial charge in [-0.1, -0.05) is 0 Å². The summed E-state index contributed by atoms with van der Waals surface area (Å²) in [6, 6.07) is 0. The van der Waals surface area contributed by atoms with Gasteiger partial charge in [0.1, 0.15) is 12.1 Å². The van der Waals surface area contributed by atoms with E-state index in [-0.39, 0.29) is 18.9 Å². The van der Waals surface area contributed by atoms with Crippen LogP contribution in [-0.2, 0) is 9.59 Å². The average Bonchev–Trinajstić information content (AvgIpc) is 2.34. The summed E-state index contributed by atoms with van der Waals surface area (Å²) in [4.78, 5) is 21.4. The van der Waals surface area contributed by atoms with Crippen LogP contribution < -0.4 is 11.1 Å². The van der Waals surface area contributed by atoms with Crippen molar-refractivity contribution < 1.29 is 19.8 Å². The molecule has 3 unspecified atom stereocenters. The van der Waals surface area contributed by atoms with Crippen LogP contribution in [0.2, 0.25) is 0 Å². The molecule has 1 aliphatic heterocycles. The second-order valence-electron chi connectivity index (χ2n) is 3.12. The molecule has 6 nitrogen and oxygen atoms in total. The summed E-state index contributed by atoms with van der Waals surface area (Å²) in [6.45, 7) is 0.268. The number of nitrogens with one attached hydrogen (secondary N) is 1. The summed E-state index contributed by atoms with van der Waals surface area (Å²) < 4.78 is 0. The lowest BCUT2D eigenvalue weighted by molar-refractivity contribution is -0.148. The molecule has 0 radical (unpaired) electrons. The second-order valence-corrected chi connectivity index (χ2v) is 3.12. The molecule has 0 aromatic carbocycles. The first-order chi connectivity index (χ1) is 6.02. The lowest BCUT2D eigenvalue weighted by atomic mass is 9.90. The Bertz CT molecular complexity index is 229. The van der Waals surface area contributed by atoms with Crippen LogP contribution >= 0.6 is 0 Å². The molecule has 0 aromatic rings. The maximum atomic E-state index is 10.8. The number of aliphatic carboxylic acids is 1. The first kappa shape index (κ1) is 9.94. The number of aliphatic hydroxyl groups excluding tert-OH is 1. The van der Waals surface area contributed by atoms with Gasteiger partial charge in [-0.15, -0.1) is 0 Å². The van der Waals surface area contributed by atoms with Crippen LogP contribution in [0.3, 0.4) is 0 Å². The van der Waals surface area contributed by atoms with Gasteiger partial charge in [-0.3, -0.25) is 9.59 Å². The second kappa shape index (κ2) is 3.71. The molecule has 0 aromatic heterocycles. The highest BCUT2D eigenvalue weighted by Gasteiger charge is 2.37. The Morgan fingerprint density at radius 1 is 1.69 bits per heavy atom. The van der Waals surface area contributed by atoms with Crippen LogP contribution in [0.25, 0.3) is 0 Å². The largest absolute Gasteiger partial charge is 0.481 e. The van der Waals surface area contributed by atoms with E-state index in [2.05, 4.69) is 5.32 Å². The van der Waals surface area contributed by atoms with Gasteiger partial charge < -0.3 is 21.3 Å². The maximum Gasteiger partial charge on any atom is 0.310 e. The fraction of sp³-hybridized carbons (Fsp3) is 0.714. The van der Waals surface area contributed by atoms with Gasteiger partial charge in [0, 0.05) is 18.9 Å². The molecule has 1 heterocycles. The fourth-order valence-electron chi connectivity index (χ4n) is 1.51. The van der Waals surface area contributed by atoms with Crippen LogP contribution in [0.5, 0.6) is 0 Å². The SMILES string of the molecule is NC(O)C(C(=O)O)C1CNC(=O)C1. The average molecular weight is 188 g/mol. The number of carboxylic acid groups (broad SMARTS) is 1. The number of carboxylic acids is 1. The van der Waals surface area contributed by atoms with Gasteiger partial charge in [0.25, 0.3) is 0 Å². The molecule has 1 fully saturated rings. The molecular weight excluding hydrogens is 176 g/mol. The molecular formula is C7H12N2O4. The van der Waals surface area contributed by atoms with Gasteiger partial charge in [-0.05, 0) is 0 Å². The van der Waals surface area contributed by atoms with Crippen LogP contribution in [0.1, 0.15) is 6.42 Å². The number of hydrogen-bond donors (Lipinski definition) is 4. The highest BCUT2D eigenvalue weighted by molar-refractivity contribution is 5.80. The van der Waals surface area contributed by atoms with Gasteiger partial charge in [-0.25, -0.2) is 0 Å². The quantitative estimate of drug-likeness (QED) is 0.386. The zero-order chi connectivity index (χ0) is 10.0. The third kappa shape index (κ3) is 2.16. The van der Waals surface area contributed by atoms with Crippen molar-refractivity contribution >= 4 is 11.9 Å². The van der Waals surface area contributed by atoms with E-state index in [0.29, 0.717) is 0 Å². The van der Waals surface area contributed by atoms with Gasteiger partial charge >= 0.3 is 5.97 Å². The Morgan fingerprint density at radius 3 is 2.62 bits per heavy atom. The van der Waals surface area contributed by atoms with Gasteiger partial charge in [0.2, 0.25) is 5.91 Å². The molecule has 74 valence electrons. The monoisotopic (exact) mass is 188 g/mol. The topological polar surface area (TPSA) is 113 Å². The minimum Gasteiger partial charge on any atom is -0.481 e. The summed E-state index contributed by atoms with van der Waals surface area (Å²) in [6.07, 6.45) is -1.30. The Balaban J connectivity index is 2.65. The molecule has 1 saturated heterocycles. The van der Waals surface area contributed by atoms with E-state index in [0.717, 1.165) is 0 Å². The van der Waals surface area contributed by atoms with E-state index in [4.69, 9.17) is 15.9 Å². The first-order valence-electron chi connectivity index (χ1n) is 3.95. The summed E-state index contributed by atoms with van der Waals surface area (Å²) in [5.41, 5.74) is 5.10. The highest BCUT2D eigenvalue weighted by atomic mass is 16.4. The molecule has 0 saturated carbocycles. The standard InChI is InChI=1S/C7H12N2O4/c8-6(11)5(7(12)13)3-1-4(10)9-2-3/h3,5-6,11H,1-2,8H2,(H,9,10)(H,12,13). The number of hydrogen-bond acceptors (Lipinski definition) is 4. The number of nitrogens with two attached hydrogens (primary N) is 1. The van der Waals surface area contributed by atoms with E-state index in [1.54, 1.807) is 0 Å². The summed E-state index contributed by atoms with van der Waals surface area (Å²) in [7, 11) is 0. The number of carbonyl (C=O) groups excluding carboxylic acids is 1. The molecule has 6 heteroatoms. The van der Waals surface area contributed by atoms with Crippen LogP contribution in [-0.4, -0.2) is 34.9 Å². The molecule has 0 aliphatic carbocycles. The summed E-state index contributed by atoms with van der Waals surface area (Å²) in [5, 5.41) is 20.2. The van der Waals surface area contributed by atoms with Crippen molar-refractivity contribution in [2.24, 2.45) is 17.6 Å². The Hall–Kier alpha value is -1.14. The number of amides is 1. The van der Waals surface area contributed by atoms with Crippen molar-refractivity contribution in [3.05, 3.63) is 0 Å². The maximum absolute atomic E-state index is 10.8. The number of carbonyl (C=O) groups is 2. The molecule has 13 heavy (non-hydrogen) atoms. The smallest absolute Gasteiger partial charge is 0.310 e. The Labute approximate surface area is 74.7 Å². The van der Waals surface area contributed by atoms with Gasteiger partial charge in [-0.2, -0.15) is 0 Å². The summed E-state index contributed by atoms with van der Waals surface area (Å²) >= 11 is 0. The predicted octanol–water partition coefficient (Wildman–Crippen LogP) is -1.90. The lowest BCUT2D eigenvalue weighted by Gasteiger charge is -2.19. The van der Waals surface area contributed by atoms with Crippen molar-refractivity contribution in [2.45, 2.75) is 12.6 Å². The Kier molecular flexibility index (Phi) is 2.84. The third-order valence-electron chi connectivity index (χ3n) is 2.17. The zero-order valence-electron chi connectivity index (χ0n) is 6.93. The fourth-order valence-corrected chi connectivity index (χ4v) is 1.51. The third-order valence-corrected chi connectivity index (χ3v) is 2.17. The minimum atomic E-state index is -1.42. The van der Waals surface area contributed by atoms with Crippen molar-refractivity contribution in [2.75, 3.05) is 6.54 Å². The lowest BCUT2D eigenvalue weighted by Crippen LogP contribution is -2.41. The summed E-state index contributed by atoms with van der Waals surface area (Å²) in [5.74, 6) is -2.85. The number of rotatable bonds is 3.